The number of nitriles is 1. The summed E-state index contributed by atoms with van der Waals surface area (Å²) in [6.07, 6.45) is 3.41. The smallest absolute Gasteiger partial charge is 0.148 e. The number of piperidine rings is 1. The molecule has 0 aliphatic carbocycles. The molecule has 0 amide bonds. The number of nitrogens with zero attached hydrogens (tertiary/aromatic N) is 3. The van der Waals surface area contributed by atoms with Gasteiger partial charge in [-0.1, -0.05) is 11.6 Å². The van der Waals surface area contributed by atoms with E-state index in [0.717, 1.165) is 30.9 Å². The third kappa shape index (κ3) is 2.43. The van der Waals surface area contributed by atoms with Crippen molar-refractivity contribution >= 4 is 17.4 Å². The highest BCUT2D eigenvalue weighted by atomic mass is 35.5. The third-order valence-corrected chi connectivity index (χ3v) is 3.72. The molecule has 96 valence electrons. The first-order chi connectivity index (χ1) is 8.67. The lowest BCUT2D eigenvalue weighted by Crippen LogP contribution is -2.44. The molecule has 1 atom stereocenters. The molecule has 1 unspecified atom stereocenters. The molecule has 2 heterocycles. The minimum absolute atomic E-state index is 0.302. The van der Waals surface area contributed by atoms with E-state index < -0.39 is 0 Å². The Morgan fingerprint density at radius 1 is 1.61 bits per heavy atom. The van der Waals surface area contributed by atoms with E-state index in [9.17, 15) is 0 Å². The largest absolute Gasteiger partial charge is 0.351 e. The third-order valence-electron chi connectivity index (χ3n) is 3.44. The Hall–Kier alpha value is -1.31. The standard InChI is InChI=1S/C13H17ClN4/c1-9-10(7-15)6-12(14)13(17-9)18-5-3-2-4-11(18)8-16/h6,11H,2-5,8,16H2,1H3. The van der Waals surface area contributed by atoms with Crippen molar-refractivity contribution in [2.24, 2.45) is 5.73 Å². The Morgan fingerprint density at radius 3 is 3.06 bits per heavy atom. The van der Waals surface area contributed by atoms with Gasteiger partial charge in [-0.3, -0.25) is 0 Å². The van der Waals surface area contributed by atoms with Crippen LogP contribution in [0.5, 0.6) is 0 Å². The predicted octanol–water partition coefficient (Wildman–Crippen LogP) is 2.23. The lowest BCUT2D eigenvalue weighted by atomic mass is 10.0. The highest BCUT2D eigenvalue weighted by Crippen LogP contribution is 2.30. The second-order valence-electron chi connectivity index (χ2n) is 4.62. The van der Waals surface area contributed by atoms with Crippen LogP contribution in [0.4, 0.5) is 5.82 Å². The average molecular weight is 265 g/mol. The van der Waals surface area contributed by atoms with Crippen molar-refractivity contribution < 1.29 is 0 Å². The van der Waals surface area contributed by atoms with Gasteiger partial charge < -0.3 is 10.6 Å². The molecule has 1 fully saturated rings. The van der Waals surface area contributed by atoms with Crippen LogP contribution in [0.25, 0.3) is 0 Å². The number of aromatic nitrogens is 1. The quantitative estimate of drug-likeness (QED) is 0.890. The zero-order valence-electron chi connectivity index (χ0n) is 10.5. The zero-order valence-corrected chi connectivity index (χ0v) is 11.2. The van der Waals surface area contributed by atoms with Crippen LogP contribution in [0.3, 0.4) is 0 Å². The number of nitrogens with two attached hydrogens (primary N) is 1. The van der Waals surface area contributed by atoms with Crippen molar-refractivity contribution in [3.8, 4) is 6.07 Å². The molecule has 0 radical (unpaired) electrons. The fraction of sp³-hybridized carbons (Fsp3) is 0.538. The van der Waals surface area contributed by atoms with Gasteiger partial charge >= 0.3 is 0 Å². The Bertz CT molecular complexity index is 481. The maximum atomic E-state index is 8.96. The van der Waals surface area contributed by atoms with Crippen molar-refractivity contribution in [1.29, 1.82) is 5.26 Å². The molecule has 1 aromatic heterocycles. The van der Waals surface area contributed by atoms with Crippen molar-refractivity contribution in [3.05, 3.63) is 22.3 Å². The Labute approximate surface area is 112 Å². The number of halogens is 1. The van der Waals surface area contributed by atoms with Gasteiger partial charge in [-0.25, -0.2) is 4.98 Å². The molecule has 1 saturated heterocycles. The Balaban J connectivity index is 2.38. The van der Waals surface area contributed by atoms with Crippen LogP contribution in [-0.2, 0) is 0 Å². The van der Waals surface area contributed by atoms with Crippen LogP contribution in [0.1, 0.15) is 30.5 Å². The second kappa shape index (κ2) is 5.55. The molecular weight excluding hydrogens is 248 g/mol. The number of hydrogen-bond acceptors (Lipinski definition) is 4. The van der Waals surface area contributed by atoms with Crippen LogP contribution in [0.15, 0.2) is 6.07 Å². The summed E-state index contributed by atoms with van der Waals surface area (Å²) in [5, 5.41) is 9.50. The molecule has 2 N–H and O–H groups in total. The van der Waals surface area contributed by atoms with E-state index in [1.54, 1.807) is 6.07 Å². The van der Waals surface area contributed by atoms with E-state index >= 15 is 0 Å². The average Bonchev–Trinajstić information content (AvgIpc) is 2.41. The predicted molar refractivity (Wildman–Crippen MR) is 72.7 cm³/mol. The van der Waals surface area contributed by atoms with Crippen LogP contribution in [-0.4, -0.2) is 24.1 Å². The molecule has 4 nitrogen and oxygen atoms in total. The summed E-state index contributed by atoms with van der Waals surface area (Å²) in [6, 6.07) is 4.10. The Kier molecular flexibility index (Phi) is 4.05. The monoisotopic (exact) mass is 264 g/mol. The van der Waals surface area contributed by atoms with E-state index in [0.29, 0.717) is 23.2 Å². The maximum Gasteiger partial charge on any atom is 0.148 e. The molecule has 2 rings (SSSR count). The molecule has 18 heavy (non-hydrogen) atoms. The first-order valence-corrected chi connectivity index (χ1v) is 6.59. The summed E-state index contributed by atoms with van der Waals surface area (Å²) in [6.45, 7) is 3.37. The summed E-state index contributed by atoms with van der Waals surface area (Å²) in [5.74, 6) is 0.767. The molecule has 0 spiro atoms. The molecule has 1 aromatic rings. The van der Waals surface area contributed by atoms with Gasteiger partial charge in [0.15, 0.2) is 0 Å². The van der Waals surface area contributed by atoms with Crippen LogP contribution < -0.4 is 10.6 Å². The van der Waals surface area contributed by atoms with Gasteiger partial charge in [-0.05, 0) is 32.3 Å². The molecule has 1 aliphatic heterocycles. The minimum Gasteiger partial charge on any atom is -0.351 e. The fourth-order valence-corrected chi connectivity index (χ4v) is 2.67. The van der Waals surface area contributed by atoms with Gasteiger partial charge in [0, 0.05) is 19.1 Å². The SMILES string of the molecule is Cc1nc(N2CCCCC2CN)c(Cl)cc1C#N. The summed E-state index contributed by atoms with van der Waals surface area (Å²) in [7, 11) is 0. The van der Waals surface area contributed by atoms with Gasteiger partial charge in [0.1, 0.15) is 11.9 Å². The summed E-state index contributed by atoms with van der Waals surface area (Å²) in [5.41, 5.74) is 7.06. The maximum absolute atomic E-state index is 8.96. The van der Waals surface area contributed by atoms with Gasteiger partial charge in [0.25, 0.3) is 0 Å². The first-order valence-electron chi connectivity index (χ1n) is 6.21. The van der Waals surface area contributed by atoms with E-state index in [1.165, 1.54) is 6.42 Å². The highest BCUT2D eigenvalue weighted by Gasteiger charge is 2.24. The van der Waals surface area contributed by atoms with Crippen LogP contribution in [0, 0.1) is 18.3 Å². The molecule has 0 saturated carbocycles. The minimum atomic E-state index is 0.302. The summed E-state index contributed by atoms with van der Waals surface area (Å²) >= 11 is 6.24. The zero-order chi connectivity index (χ0) is 13.1. The van der Waals surface area contributed by atoms with Crippen LogP contribution >= 0.6 is 11.6 Å². The summed E-state index contributed by atoms with van der Waals surface area (Å²) in [4.78, 5) is 6.66. The van der Waals surface area contributed by atoms with Gasteiger partial charge in [-0.15, -0.1) is 0 Å². The van der Waals surface area contributed by atoms with E-state index in [4.69, 9.17) is 22.6 Å². The van der Waals surface area contributed by atoms with Crippen molar-refractivity contribution in [3.63, 3.8) is 0 Å². The topological polar surface area (TPSA) is 65.9 Å². The molecule has 0 bridgehead atoms. The highest BCUT2D eigenvalue weighted by molar-refractivity contribution is 6.33. The Morgan fingerprint density at radius 2 is 2.39 bits per heavy atom. The normalized spacial score (nSPS) is 19.7. The number of aryl methyl sites for hydroxylation is 1. The molecule has 5 heteroatoms. The van der Waals surface area contributed by atoms with Gasteiger partial charge in [0.05, 0.1) is 16.3 Å². The number of pyridine rings is 1. The fourth-order valence-electron chi connectivity index (χ4n) is 2.41. The van der Waals surface area contributed by atoms with Crippen LogP contribution in [0.2, 0.25) is 5.02 Å². The van der Waals surface area contributed by atoms with E-state index in [2.05, 4.69) is 16.0 Å². The van der Waals surface area contributed by atoms with Gasteiger partial charge in [-0.2, -0.15) is 5.26 Å². The van der Waals surface area contributed by atoms with Crippen molar-refractivity contribution in [1.82, 2.24) is 4.98 Å². The molecular formula is C13H17ClN4. The lowest BCUT2D eigenvalue weighted by molar-refractivity contribution is 0.462. The lowest BCUT2D eigenvalue weighted by Gasteiger charge is -2.36. The van der Waals surface area contributed by atoms with E-state index in [1.807, 2.05) is 6.92 Å². The first kappa shape index (κ1) is 13.1. The van der Waals surface area contributed by atoms with Crippen molar-refractivity contribution in [2.75, 3.05) is 18.0 Å². The molecule has 0 aromatic carbocycles. The van der Waals surface area contributed by atoms with Gasteiger partial charge in [0.2, 0.25) is 0 Å². The number of anilines is 1. The van der Waals surface area contributed by atoms with Crippen molar-refractivity contribution in [2.45, 2.75) is 32.2 Å². The second-order valence-corrected chi connectivity index (χ2v) is 5.02. The van der Waals surface area contributed by atoms with E-state index in [-0.39, 0.29) is 0 Å². The molecule has 1 aliphatic rings. The number of rotatable bonds is 2. The number of hydrogen-bond donors (Lipinski definition) is 1. The summed E-state index contributed by atoms with van der Waals surface area (Å²) < 4.78 is 0.